The fourth-order valence-corrected chi connectivity index (χ4v) is 2.63. The van der Waals surface area contributed by atoms with E-state index in [1.54, 1.807) is 0 Å². The van der Waals surface area contributed by atoms with E-state index < -0.39 is 0 Å². The Morgan fingerprint density at radius 3 is 2.73 bits per heavy atom. The van der Waals surface area contributed by atoms with Crippen LogP contribution in [0, 0.1) is 17.2 Å². The highest BCUT2D eigenvalue weighted by Gasteiger charge is 2.26. The second-order valence-electron chi connectivity index (χ2n) is 5.97. The van der Waals surface area contributed by atoms with E-state index >= 15 is 0 Å². The normalized spacial score (nSPS) is 22.5. The number of nitrogens with one attached hydrogen (secondary N) is 1. The SMILES string of the molecule is CC(OC1CCCCO1)C(C)C(C#N)NCc1ccccc1. The summed E-state index contributed by atoms with van der Waals surface area (Å²) in [4.78, 5) is 0. The molecule has 0 amide bonds. The van der Waals surface area contributed by atoms with E-state index in [-0.39, 0.29) is 24.4 Å². The van der Waals surface area contributed by atoms with Crippen molar-refractivity contribution in [3.8, 4) is 6.07 Å². The topological polar surface area (TPSA) is 54.3 Å². The Morgan fingerprint density at radius 1 is 1.32 bits per heavy atom. The van der Waals surface area contributed by atoms with Gasteiger partial charge in [0.05, 0.1) is 12.2 Å². The van der Waals surface area contributed by atoms with Gasteiger partial charge in [-0.3, -0.25) is 5.32 Å². The Kier molecular flexibility index (Phi) is 6.85. The third kappa shape index (κ3) is 5.10. The summed E-state index contributed by atoms with van der Waals surface area (Å²) in [7, 11) is 0. The smallest absolute Gasteiger partial charge is 0.157 e. The van der Waals surface area contributed by atoms with Gasteiger partial charge in [0.1, 0.15) is 6.04 Å². The maximum absolute atomic E-state index is 9.43. The van der Waals surface area contributed by atoms with Crippen LogP contribution in [0.1, 0.15) is 38.7 Å². The van der Waals surface area contributed by atoms with E-state index in [1.807, 2.05) is 25.1 Å². The first-order valence-electron chi connectivity index (χ1n) is 8.14. The van der Waals surface area contributed by atoms with Crippen LogP contribution in [0.5, 0.6) is 0 Å². The van der Waals surface area contributed by atoms with Crippen molar-refractivity contribution < 1.29 is 9.47 Å². The van der Waals surface area contributed by atoms with E-state index in [0.717, 1.165) is 25.9 Å². The van der Waals surface area contributed by atoms with Gasteiger partial charge in [0.15, 0.2) is 6.29 Å². The zero-order valence-corrected chi connectivity index (χ0v) is 13.5. The van der Waals surface area contributed by atoms with Gasteiger partial charge in [0.2, 0.25) is 0 Å². The molecule has 4 unspecified atom stereocenters. The molecule has 120 valence electrons. The third-order valence-electron chi connectivity index (χ3n) is 4.28. The Balaban J connectivity index is 1.82. The van der Waals surface area contributed by atoms with Crippen LogP contribution in [0.2, 0.25) is 0 Å². The predicted molar refractivity (Wildman–Crippen MR) is 86.0 cm³/mol. The monoisotopic (exact) mass is 302 g/mol. The molecule has 0 saturated carbocycles. The molecule has 0 radical (unpaired) electrons. The largest absolute Gasteiger partial charge is 0.353 e. The van der Waals surface area contributed by atoms with Crippen molar-refractivity contribution in [2.45, 2.75) is 58.1 Å². The van der Waals surface area contributed by atoms with Crippen molar-refractivity contribution in [2.75, 3.05) is 6.61 Å². The van der Waals surface area contributed by atoms with Crippen LogP contribution in [-0.2, 0) is 16.0 Å². The van der Waals surface area contributed by atoms with Gasteiger partial charge in [-0.05, 0) is 31.7 Å². The summed E-state index contributed by atoms with van der Waals surface area (Å²) in [5, 5.41) is 12.8. The molecule has 0 aromatic heterocycles. The van der Waals surface area contributed by atoms with Crippen LogP contribution >= 0.6 is 0 Å². The van der Waals surface area contributed by atoms with Gasteiger partial charge in [0, 0.05) is 19.1 Å². The number of ether oxygens (including phenoxy) is 2. The molecule has 4 nitrogen and oxygen atoms in total. The number of nitriles is 1. The summed E-state index contributed by atoms with van der Waals surface area (Å²) < 4.78 is 11.6. The Morgan fingerprint density at radius 2 is 2.09 bits per heavy atom. The fourth-order valence-electron chi connectivity index (χ4n) is 2.63. The molecule has 1 aromatic rings. The highest BCUT2D eigenvalue weighted by Crippen LogP contribution is 2.20. The van der Waals surface area contributed by atoms with E-state index in [2.05, 4.69) is 30.4 Å². The van der Waals surface area contributed by atoms with Crippen LogP contribution in [0.4, 0.5) is 0 Å². The lowest BCUT2D eigenvalue weighted by molar-refractivity contribution is -0.194. The quantitative estimate of drug-likeness (QED) is 0.840. The molecule has 1 fully saturated rings. The minimum atomic E-state index is -0.237. The summed E-state index contributed by atoms with van der Waals surface area (Å²) in [6.45, 7) is 5.55. The highest BCUT2D eigenvalue weighted by molar-refractivity contribution is 5.15. The molecule has 22 heavy (non-hydrogen) atoms. The van der Waals surface area contributed by atoms with Crippen LogP contribution in [0.25, 0.3) is 0 Å². The predicted octanol–water partition coefficient (Wildman–Crippen LogP) is 3.24. The van der Waals surface area contributed by atoms with E-state index in [0.29, 0.717) is 6.54 Å². The lowest BCUT2D eigenvalue weighted by atomic mass is 9.97. The van der Waals surface area contributed by atoms with Gasteiger partial charge in [-0.25, -0.2) is 0 Å². The minimum Gasteiger partial charge on any atom is -0.353 e. The molecule has 0 bridgehead atoms. The second kappa shape index (κ2) is 8.89. The van der Waals surface area contributed by atoms with Gasteiger partial charge >= 0.3 is 0 Å². The number of hydrogen-bond acceptors (Lipinski definition) is 4. The number of rotatable bonds is 7. The molecular weight excluding hydrogens is 276 g/mol. The van der Waals surface area contributed by atoms with E-state index in [1.165, 1.54) is 5.56 Å². The lowest BCUT2D eigenvalue weighted by Gasteiger charge is -2.30. The highest BCUT2D eigenvalue weighted by atomic mass is 16.7. The standard InChI is InChI=1S/C18H26N2O2/c1-14(15(2)22-18-10-6-7-11-21-18)17(12-19)20-13-16-8-4-3-5-9-16/h3-5,8-9,14-15,17-18,20H,6-7,10-11,13H2,1-2H3. The first-order chi connectivity index (χ1) is 10.7. The van der Waals surface area contributed by atoms with Crippen molar-refractivity contribution >= 4 is 0 Å². The van der Waals surface area contributed by atoms with Gasteiger partial charge in [0.25, 0.3) is 0 Å². The van der Waals surface area contributed by atoms with Crippen molar-refractivity contribution in [3.63, 3.8) is 0 Å². The van der Waals surface area contributed by atoms with E-state index in [9.17, 15) is 5.26 Å². The molecule has 1 aromatic carbocycles. The molecule has 1 saturated heterocycles. The van der Waals surface area contributed by atoms with Crippen LogP contribution < -0.4 is 5.32 Å². The van der Waals surface area contributed by atoms with Gasteiger partial charge in [-0.15, -0.1) is 0 Å². The van der Waals surface area contributed by atoms with Crippen LogP contribution in [0.3, 0.4) is 0 Å². The molecule has 1 aliphatic rings. The molecule has 4 heteroatoms. The summed E-state index contributed by atoms with van der Waals surface area (Å²) in [6.07, 6.45) is 3.09. The second-order valence-corrected chi connectivity index (χ2v) is 5.97. The molecular formula is C18H26N2O2. The molecule has 4 atom stereocenters. The van der Waals surface area contributed by atoms with Gasteiger partial charge < -0.3 is 9.47 Å². The fraction of sp³-hybridized carbons (Fsp3) is 0.611. The Hall–Kier alpha value is -1.41. The zero-order chi connectivity index (χ0) is 15.8. The summed E-state index contributed by atoms with van der Waals surface area (Å²) in [6, 6.07) is 12.2. The van der Waals surface area contributed by atoms with Crippen LogP contribution in [-0.4, -0.2) is 25.0 Å². The van der Waals surface area contributed by atoms with Crippen molar-refractivity contribution in [3.05, 3.63) is 35.9 Å². The van der Waals surface area contributed by atoms with Crippen molar-refractivity contribution in [1.82, 2.24) is 5.32 Å². The first kappa shape index (κ1) is 17.0. The van der Waals surface area contributed by atoms with Crippen molar-refractivity contribution in [1.29, 1.82) is 5.26 Å². The van der Waals surface area contributed by atoms with Crippen molar-refractivity contribution in [2.24, 2.45) is 5.92 Å². The summed E-state index contributed by atoms with van der Waals surface area (Å²) in [5.74, 6) is 0.0965. The molecule has 1 N–H and O–H groups in total. The number of benzene rings is 1. The average Bonchev–Trinajstić information content (AvgIpc) is 2.57. The van der Waals surface area contributed by atoms with E-state index in [4.69, 9.17) is 9.47 Å². The number of nitrogens with zero attached hydrogens (tertiary/aromatic N) is 1. The van der Waals surface area contributed by atoms with Gasteiger partial charge in [-0.1, -0.05) is 37.3 Å². The summed E-state index contributed by atoms with van der Waals surface area (Å²) in [5.41, 5.74) is 1.18. The maximum Gasteiger partial charge on any atom is 0.157 e. The Bertz CT molecular complexity index is 466. The molecule has 1 heterocycles. The molecule has 0 aliphatic carbocycles. The summed E-state index contributed by atoms with van der Waals surface area (Å²) >= 11 is 0. The van der Waals surface area contributed by atoms with Gasteiger partial charge in [-0.2, -0.15) is 5.26 Å². The number of hydrogen-bond donors (Lipinski definition) is 1. The maximum atomic E-state index is 9.43. The molecule has 0 spiro atoms. The molecule has 2 rings (SSSR count). The average molecular weight is 302 g/mol. The zero-order valence-electron chi connectivity index (χ0n) is 13.5. The third-order valence-corrected chi connectivity index (χ3v) is 4.28. The van der Waals surface area contributed by atoms with Crippen LogP contribution in [0.15, 0.2) is 30.3 Å². The molecule has 1 aliphatic heterocycles. The minimum absolute atomic E-state index is 0.0176. The lowest BCUT2D eigenvalue weighted by Crippen LogP contribution is -2.41. The first-order valence-corrected chi connectivity index (χ1v) is 8.14. The Labute approximate surface area is 133 Å².